The molecule has 1 saturated carbocycles. The molecule has 1 aliphatic carbocycles. The lowest BCUT2D eigenvalue weighted by molar-refractivity contribution is -0.131. The molecule has 4 amide bonds. The van der Waals surface area contributed by atoms with Crippen LogP contribution in [-0.2, 0) is 4.79 Å². The van der Waals surface area contributed by atoms with E-state index in [1.165, 1.54) is 16.2 Å². The number of fused-ring (bicyclic) bond motifs is 1. The van der Waals surface area contributed by atoms with Gasteiger partial charge in [-0.2, -0.15) is 0 Å². The Morgan fingerprint density at radius 1 is 1.18 bits per heavy atom. The minimum Gasteiger partial charge on any atom is -0.352 e. The van der Waals surface area contributed by atoms with Crippen molar-refractivity contribution in [3.8, 4) is 10.6 Å². The van der Waals surface area contributed by atoms with Gasteiger partial charge in [-0.3, -0.25) is 14.5 Å². The number of nitrogens with zero attached hydrogens (tertiary/aromatic N) is 2. The van der Waals surface area contributed by atoms with E-state index in [4.69, 9.17) is 11.6 Å². The summed E-state index contributed by atoms with van der Waals surface area (Å²) in [5, 5.41) is 6.58. The molecular weight excluding hydrogens is 460 g/mol. The Bertz CT molecular complexity index is 1250. The van der Waals surface area contributed by atoms with Crippen LogP contribution in [0.15, 0.2) is 42.5 Å². The third-order valence-electron chi connectivity index (χ3n) is 6.33. The quantitative estimate of drug-likeness (QED) is 0.396. The zero-order valence-corrected chi connectivity index (χ0v) is 19.5. The highest BCUT2D eigenvalue weighted by molar-refractivity contribution is 7.19. The SMILES string of the molecule is O=C(NCCCN1C(=O)NC2(CCCC2)C1=O)c1cc(-c2ccc(Cl)s2)nc2ccccc12. The van der Waals surface area contributed by atoms with Crippen molar-refractivity contribution in [2.75, 3.05) is 13.1 Å². The molecule has 3 heterocycles. The monoisotopic (exact) mass is 482 g/mol. The van der Waals surface area contributed by atoms with E-state index in [0.717, 1.165) is 28.6 Å². The van der Waals surface area contributed by atoms with Gasteiger partial charge in [0.25, 0.3) is 11.8 Å². The first-order valence-electron chi connectivity index (χ1n) is 11.0. The number of imide groups is 1. The standard InChI is InChI=1S/C24H23ClN4O3S/c25-20-9-8-19(33-20)18-14-16(15-6-1-2-7-17(15)27-18)21(30)26-12-5-13-29-22(31)24(28-23(29)32)10-3-4-11-24/h1-2,6-9,14H,3-5,10-13H2,(H,26,30)(H,28,32). The Kier molecular flexibility index (Phi) is 5.80. The predicted molar refractivity (Wildman–Crippen MR) is 128 cm³/mol. The number of halogens is 1. The fraction of sp³-hybridized carbons (Fsp3) is 0.333. The Hall–Kier alpha value is -2.97. The third-order valence-corrected chi connectivity index (χ3v) is 7.59. The molecule has 170 valence electrons. The van der Waals surface area contributed by atoms with Crippen molar-refractivity contribution in [1.82, 2.24) is 20.5 Å². The number of para-hydroxylation sites is 1. The zero-order valence-electron chi connectivity index (χ0n) is 17.9. The van der Waals surface area contributed by atoms with E-state index in [1.54, 1.807) is 6.07 Å². The third kappa shape index (κ3) is 4.09. The predicted octanol–water partition coefficient (Wildman–Crippen LogP) is 4.60. The van der Waals surface area contributed by atoms with Gasteiger partial charge >= 0.3 is 6.03 Å². The number of rotatable bonds is 6. The number of aromatic nitrogens is 1. The zero-order chi connectivity index (χ0) is 23.0. The van der Waals surface area contributed by atoms with Gasteiger partial charge in [-0.25, -0.2) is 9.78 Å². The second kappa shape index (κ2) is 8.76. The molecule has 1 aromatic carbocycles. The lowest BCUT2D eigenvalue weighted by Gasteiger charge is -2.20. The number of carbonyl (C=O) groups excluding carboxylic acids is 3. The van der Waals surface area contributed by atoms with Crippen molar-refractivity contribution in [1.29, 1.82) is 0 Å². The van der Waals surface area contributed by atoms with Gasteiger partial charge in [0.2, 0.25) is 0 Å². The van der Waals surface area contributed by atoms with Crippen LogP contribution in [0.25, 0.3) is 21.5 Å². The van der Waals surface area contributed by atoms with Crippen molar-refractivity contribution >= 4 is 51.7 Å². The second-order valence-corrected chi connectivity index (χ2v) is 10.2. The van der Waals surface area contributed by atoms with Crippen LogP contribution in [-0.4, -0.2) is 46.4 Å². The normalized spacial score (nSPS) is 17.2. The number of urea groups is 1. The Morgan fingerprint density at radius 2 is 1.97 bits per heavy atom. The second-order valence-electron chi connectivity index (χ2n) is 8.46. The first kappa shape index (κ1) is 21.9. The van der Waals surface area contributed by atoms with Crippen LogP contribution >= 0.6 is 22.9 Å². The highest BCUT2D eigenvalue weighted by Crippen LogP contribution is 2.35. The van der Waals surface area contributed by atoms with Gasteiger partial charge in [-0.15, -0.1) is 11.3 Å². The number of thiophene rings is 1. The number of hydrogen-bond donors (Lipinski definition) is 2. The average molecular weight is 483 g/mol. The summed E-state index contributed by atoms with van der Waals surface area (Å²) >= 11 is 7.49. The van der Waals surface area contributed by atoms with Crippen LogP contribution in [0.2, 0.25) is 4.34 Å². The first-order chi connectivity index (χ1) is 16.0. The van der Waals surface area contributed by atoms with Crippen LogP contribution in [0, 0.1) is 0 Å². The maximum atomic E-state index is 13.1. The van der Waals surface area contributed by atoms with Gasteiger partial charge in [0.1, 0.15) is 5.54 Å². The molecule has 0 bridgehead atoms. The average Bonchev–Trinajstić information content (AvgIpc) is 3.52. The molecular formula is C24H23ClN4O3S. The minimum absolute atomic E-state index is 0.129. The van der Waals surface area contributed by atoms with Crippen LogP contribution in [0.4, 0.5) is 4.79 Å². The highest BCUT2D eigenvalue weighted by atomic mass is 35.5. The molecule has 7 nitrogen and oxygen atoms in total. The number of benzene rings is 1. The number of hydrogen-bond acceptors (Lipinski definition) is 5. The van der Waals surface area contributed by atoms with Gasteiger partial charge in [0, 0.05) is 18.5 Å². The molecule has 2 aliphatic rings. The fourth-order valence-corrected chi connectivity index (χ4v) is 5.68. The molecule has 0 atom stereocenters. The van der Waals surface area contributed by atoms with E-state index in [-0.39, 0.29) is 24.4 Å². The Balaban J connectivity index is 1.27. The molecule has 2 N–H and O–H groups in total. The van der Waals surface area contributed by atoms with E-state index >= 15 is 0 Å². The smallest absolute Gasteiger partial charge is 0.325 e. The van der Waals surface area contributed by atoms with Crippen molar-refractivity contribution in [3.63, 3.8) is 0 Å². The van der Waals surface area contributed by atoms with Gasteiger partial charge in [0.15, 0.2) is 0 Å². The van der Waals surface area contributed by atoms with Gasteiger partial charge in [-0.1, -0.05) is 42.6 Å². The largest absolute Gasteiger partial charge is 0.352 e. The van der Waals surface area contributed by atoms with E-state index < -0.39 is 5.54 Å². The molecule has 1 saturated heterocycles. The summed E-state index contributed by atoms with van der Waals surface area (Å²) < 4.78 is 0.658. The lowest BCUT2D eigenvalue weighted by Crippen LogP contribution is -2.44. The summed E-state index contributed by atoms with van der Waals surface area (Å²) in [5.41, 5.74) is 1.25. The molecule has 0 unspecified atom stereocenters. The highest BCUT2D eigenvalue weighted by Gasteiger charge is 2.51. The Morgan fingerprint density at radius 3 is 2.73 bits per heavy atom. The van der Waals surface area contributed by atoms with Crippen LogP contribution in [0.1, 0.15) is 42.5 Å². The van der Waals surface area contributed by atoms with E-state index in [0.29, 0.717) is 41.4 Å². The van der Waals surface area contributed by atoms with Crippen LogP contribution < -0.4 is 10.6 Å². The topological polar surface area (TPSA) is 91.4 Å². The first-order valence-corrected chi connectivity index (χ1v) is 12.2. The van der Waals surface area contributed by atoms with Gasteiger partial charge < -0.3 is 10.6 Å². The number of amides is 4. The maximum absolute atomic E-state index is 13.1. The minimum atomic E-state index is -0.697. The molecule has 2 fully saturated rings. The summed E-state index contributed by atoms with van der Waals surface area (Å²) in [4.78, 5) is 45.0. The van der Waals surface area contributed by atoms with Crippen molar-refractivity contribution in [2.24, 2.45) is 0 Å². The molecule has 3 aromatic rings. The molecule has 9 heteroatoms. The number of nitrogens with one attached hydrogen (secondary N) is 2. The summed E-state index contributed by atoms with van der Waals surface area (Å²) in [6, 6.07) is 12.7. The molecule has 1 aliphatic heterocycles. The van der Waals surface area contributed by atoms with Crippen molar-refractivity contribution in [3.05, 3.63) is 52.4 Å². The van der Waals surface area contributed by atoms with Gasteiger partial charge in [0.05, 0.1) is 26.0 Å². The van der Waals surface area contributed by atoms with Crippen molar-refractivity contribution in [2.45, 2.75) is 37.6 Å². The van der Waals surface area contributed by atoms with Gasteiger partial charge in [-0.05, 0) is 43.5 Å². The maximum Gasteiger partial charge on any atom is 0.325 e. The summed E-state index contributed by atoms with van der Waals surface area (Å²) in [6.07, 6.45) is 3.80. The van der Waals surface area contributed by atoms with E-state index in [1.807, 2.05) is 36.4 Å². The van der Waals surface area contributed by atoms with Crippen molar-refractivity contribution < 1.29 is 14.4 Å². The molecule has 2 aromatic heterocycles. The lowest BCUT2D eigenvalue weighted by atomic mass is 9.98. The van der Waals surface area contributed by atoms with E-state index in [9.17, 15) is 14.4 Å². The fourth-order valence-electron chi connectivity index (χ4n) is 4.67. The van der Waals surface area contributed by atoms with Crippen LogP contribution in [0.5, 0.6) is 0 Å². The summed E-state index contributed by atoms with van der Waals surface area (Å²) in [7, 11) is 0. The molecule has 33 heavy (non-hydrogen) atoms. The molecule has 5 rings (SSSR count). The molecule has 1 spiro atoms. The summed E-state index contributed by atoms with van der Waals surface area (Å²) in [6.45, 7) is 0.627. The Labute approximate surface area is 200 Å². The number of pyridine rings is 1. The van der Waals surface area contributed by atoms with E-state index in [2.05, 4.69) is 15.6 Å². The molecule has 0 radical (unpaired) electrons. The summed E-state index contributed by atoms with van der Waals surface area (Å²) in [5.74, 6) is -0.349. The number of carbonyl (C=O) groups is 3. The van der Waals surface area contributed by atoms with Crippen LogP contribution in [0.3, 0.4) is 0 Å².